The van der Waals surface area contributed by atoms with Crippen molar-refractivity contribution in [3.05, 3.63) is 36.7 Å². The number of aliphatic hydroxyl groups is 1. The number of ether oxygens (including phenoxy) is 3. The molecule has 3 heterocycles. The van der Waals surface area contributed by atoms with E-state index < -0.39 is 56.0 Å². The summed E-state index contributed by atoms with van der Waals surface area (Å²) in [5.74, 6) is -0.652. The zero-order valence-corrected chi connectivity index (χ0v) is 24.3. The maximum absolute atomic E-state index is 15.8. The number of nitrogens with two attached hydrogens (primary N) is 1. The molecule has 6 atom stereocenters. The van der Waals surface area contributed by atoms with Gasteiger partial charge in [-0.2, -0.15) is 15.1 Å². The highest BCUT2D eigenvalue weighted by Crippen LogP contribution is 2.49. The quantitative estimate of drug-likeness (QED) is 0.153. The number of fused-ring (bicyclic) bond motifs is 1. The van der Waals surface area contributed by atoms with Crippen LogP contribution < -0.4 is 20.1 Å². The number of rotatable bonds is 12. The third-order valence-electron chi connectivity index (χ3n) is 5.75. The van der Waals surface area contributed by atoms with Gasteiger partial charge in [0.25, 0.3) is 5.13 Å². The van der Waals surface area contributed by atoms with Crippen molar-refractivity contribution in [3.63, 3.8) is 0 Å². The van der Waals surface area contributed by atoms with Crippen LogP contribution in [0.4, 0.5) is 10.3 Å². The molecule has 4 rings (SSSR count). The molecule has 0 radical (unpaired) electrons. The summed E-state index contributed by atoms with van der Waals surface area (Å²) in [5, 5.41) is 10.4. The van der Waals surface area contributed by atoms with Crippen molar-refractivity contribution >= 4 is 42.4 Å². The van der Waals surface area contributed by atoms with Crippen LogP contribution in [0.2, 0.25) is 0 Å². The molecule has 0 saturated carbocycles. The van der Waals surface area contributed by atoms with Crippen LogP contribution in [-0.2, 0) is 23.4 Å². The molecular weight excluding hydrogens is 586 g/mol. The SMILES string of the molecule is CCOc1nc(N)nc2c1ncn2[C@@H]1O[C@H](COP(=O)(N[C@H](C)C(=O)OC(C)C)Oc2ccccc2)[C@@H](O)[C@@]1(F)Cl. The summed E-state index contributed by atoms with van der Waals surface area (Å²) in [6.07, 6.45) is -4.31. The van der Waals surface area contributed by atoms with Gasteiger partial charge in [-0.1, -0.05) is 29.8 Å². The van der Waals surface area contributed by atoms with E-state index in [1.807, 2.05) is 0 Å². The van der Waals surface area contributed by atoms with Gasteiger partial charge in [-0.05, 0) is 39.8 Å². The molecule has 0 bridgehead atoms. The van der Waals surface area contributed by atoms with E-state index in [-0.39, 0.29) is 35.3 Å². The van der Waals surface area contributed by atoms with Gasteiger partial charge in [-0.3, -0.25) is 13.9 Å². The number of para-hydroxylation sites is 1. The molecule has 1 unspecified atom stereocenters. The van der Waals surface area contributed by atoms with Crippen molar-refractivity contribution in [2.45, 2.75) is 63.4 Å². The molecule has 3 aromatic rings. The molecule has 2 aromatic heterocycles. The van der Waals surface area contributed by atoms with E-state index in [2.05, 4.69) is 20.0 Å². The maximum Gasteiger partial charge on any atom is 0.459 e. The summed E-state index contributed by atoms with van der Waals surface area (Å²) >= 11 is 6.14. The Morgan fingerprint density at radius 1 is 1.32 bits per heavy atom. The lowest BCUT2D eigenvalue weighted by Crippen LogP contribution is -2.40. The zero-order valence-electron chi connectivity index (χ0n) is 22.6. The number of nitrogens with zero attached hydrogens (tertiary/aromatic N) is 4. The van der Waals surface area contributed by atoms with E-state index in [1.54, 1.807) is 39.0 Å². The van der Waals surface area contributed by atoms with Crippen molar-refractivity contribution in [2.75, 3.05) is 18.9 Å². The number of imidazole rings is 1. The van der Waals surface area contributed by atoms with Crippen LogP contribution in [0.1, 0.15) is 33.9 Å². The monoisotopic (exact) mass is 616 g/mol. The van der Waals surface area contributed by atoms with Gasteiger partial charge in [-0.15, -0.1) is 0 Å². The largest absolute Gasteiger partial charge is 0.476 e. The van der Waals surface area contributed by atoms with Gasteiger partial charge in [0.15, 0.2) is 17.4 Å². The Balaban J connectivity index is 1.56. The standard InChI is InChI=1S/C24H31ClFN6O8P/c1-5-36-20-17-19(29-23(27)30-20)32(12-28-17)22-24(25,26)18(33)16(39-22)11-37-41(35,40-15-9-7-6-8-10-15)31-14(4)21(34)38-13(2)3/h6-10,12-14,16,18,22,33H,5,11H2,1-4H3,(H,31,35)(H2,27,29,30)/t14-,16-,18-,22-,24+,41?/m1/s1. The minimum absolute atomic E-state index is 0.0413. The number of alkyl halides is 2. The van der Waals surface area contributed by atoms with Gasteiger partial charge in [0.1, 0.15) is 24.0 Å². The number of aromatic nitrogens is 4. The second-order valence-electron chi connectivity index (χ2n) is 9.32. The molecule has 1 saturated heterocycles. The van der Waals surface area contributed by atoms with Crippen LogP contribution in [0.15, 0.2) is 36.7 Å². The molecule has 1 aromatic carbocycles. The maximum atomic E-state index is 15.8. The molecule has 4 N–H and O–H groups in total. The van der Waals surface area contributed by atoms with Crippen LogP contribution in [-0.4, -0.2) is 73.3 Å². The summed E-state index contributed by atoms with van der Waals surface area (Å²) in [7, 11) is -4.34. The number of aliphatic hydroxyl groups excluding tert-OH is 1. The Hall–Kier alpha value is -3.07. The van der Waals surface area contributed by atoms with Crippen LogP contribution in [0.25, 0.3) is 11.2 Å². The number of nitrogen functional groups attached to an aromatic ring is 1. The van der Waals surface area contributed by atoms with E-state index in [0.717, 1.165) is 4.57 Å². The number of carbonyl (C=O) groups is 1. The van der Waals surface area contributed by atoms with Crippen LogP contribution in [0.3, 0.4) is 0 Å². The minimum Gasteiger partial charge on any atom is -0.476 e. The number of hydrogen-bond donors (Lipinski definition) is 3. The van der Waals surface area contributed by atoms with E-state index >= 15 is 4.39 Å². The Kier molecular flexibility index (Phi) is 9.36. The summed E-state index contributed by atoms with van der Waals surface area (Å²) in [5.41, 5.74) is 5.99. The fourth-order valence-corrected chi connectivity index (χ4v) is 5.73. The number of anilines is 1. The van der Waals surface area contributed by atoms with Crippen molar-refractivity contribution in [2.24, 2.45) is 0 Å². The van der Waals surface area contributed by atoms with Gasteiger partial charge in [0.05, 0.1) is 25.6 Å². The molecule has 0 aliphatic carbocycles. The van der Waals surface area contributed by atoms with E-state index in [9.17, 15) is 14.5 Å². The summed E-state index contributed by atoms with van der Waals surface area (Å²) in [6, 6.07) is 6.91. The van der Waals surface area contributed by atoms with Crippen molar-refractivity contribution in [1.29, 1.82) is 0 Å². The van der Waals surface area contributed by atoms with Crippen LogP contribution >= 0.6 is 19.3 Å². The van der Waals surface area contributed by atoms with Gasteiger partial charge in [0.2, 0.25) is 11.8 Å². The molecule has 224 valence electrons. The molecular formula is C24H31ClFN6O8P. The number of hydrogen-bond acceptors (Lipinski definition) is 12. The summed E-state index contributed by atoms with van der Waals surface area (Å²) in [4.78, 5) is 24.6. The predicted octanol–water partition coefficient (Wildman–Crippen LogP) is 3.10. The third kappa shape index (κ3) is 6.88. The Bertz CT molecular complexity index is 1410. The first kappa shape index (κ1) is 30.9. The molecule has 1 fully saturated rings. The molecule has 41 heavy (non-hydrogen) atoms. The first-order valence-corrected chi connectivity index (χ1v) is 14.6. The number of esters is 1. The molecule has 1 aliphatic heterocycles. The predicted molar refractivity (Wildman–Crippen MR) is 145 cm³/mol. The minimum atomic E-state index is -4.34. The van der Waals surface area contributed by atoms with Crippen molar-refractivity contribution < 1.29 is 42.1 Å². The van der Waals surface area contributed by atoms with Crippen LogP contribution in [0.5, 0.6) is 11.6 Å². The van der Waals surface area contributed by atoms with Gasteiger partial charge in [0, 0.05) is 0 Å². The van der Waals surface area contributed by atoms with E-state index in [0.29, 0.717) is 0 Å². The van der Waals surface area contributed by atoms with Gasteiger partial charge in [-0.25, -0.2) is 13.9 Å². The third-order valence-corrected chi connectivity index (χ3v) is 7.81. The molecule has 0 spiro atoms. The number of halogens is 2. The van der Waals surface area contributed by atoms with Gasteiger partial charge < -0.3 is 29.6 Å². The normalized spacial score (nSPS) is 24.7. The average molecular weight is 617 g/mol. The lowest BCUT2D eigenvalue weighted by molar-refractivity contribution is -0.149. The zero-order chi connectivity index (χ0) is 29.9. The van der Waals surface area contributed by atoms with E-state index in [4.69, 9.17) is 40.6 Å². The second-order valence-corrected chi connectivity index (χ2v) is 11.6. The molecule has 17 heteroatoms. The van der Waals surface area contributed by atoms with Crippen molar-refractivity contribution in [1.82, 2.24) is 24.6 Å². The molecule has 0 amide bonds. The first-order valence-electron chi connectivity index (χ1n) is 12.7. The highest BCUT2D eigenvalue weighted by molar-refractivity contribution is 7.52. The summed E-state index contributed by atoms with van der Waals surface area (Å²) < 4.78 is 58.1. The summed E-state index contributed by atoms with van der Waals surface area (Å²) in [6.45, 7) is 6.06. The lowest BCUT2D eigenvalue weighted by atomic mass is 10.1. The average Bonchev–Trinajstić information content (AvgIpc) is 3.41. The smallest absolute Gasteiger partial charge is 0.459 e. The first-order chi connectivity index (χ1) is 19.3. The highest BCUT2D eigenvalue weighted by atomic mass is 35.5. The topological polar surface area (TPSA) is 182 Å². The Morgan fingerprint density at radius 2 is 2.02 bits per heavy atom. The highest BCUT2D eigenvalue weighted by Gasteiger charge is 2.58. The Labute approximate surface area is 239 Å². The lowest BCUT2D eigenvalue weighted by Gasteiger charge is -2.25. The Morgan fingerprint density at radius 3 is 2.68 bits per heavy atom. The number of nitrogens with one attached hydrogen (secondary N) is 1. The molecule has 14 nitrogen and oxygen atoms in total. The second kappa shape index (κ2) is 12.4. The van der Waals surface area contributed by atoms with E-state index in [1.165, 1.54) is 25.4 Å². The van der Waals surface area contributed by atoms with Crippen LogP contribution in [0, 0.1) is 0 Å². The fraction of sp³-hybridized carbons (Fsp3) is 0.500. The van der Waals surface area contributed by atoms with Gasteiger partial charge >= 0.3 is 13.7 Å². The number of benzene rings is 1. The number of carbonyl (C=O) groups excluding carboxylic acids is 1. The fourth-order valence-electron chi connectivity index (χ4n) is 3.93. The molecule has 1 aliphatic rings. The van der Waals surface area contributed by atoms with Crippen molar-refractivity contribution in [3.8, 4) is 11.6 Å².